The summed E-state index contributed by atoms with van der Waals surface area (Å²) in [5.74, 6) is -8.00. The number of nitrogens with two attached hydrogens (primary N) is 4. The monoisotopic (exact) mass is 964 g/mol. The zero-order chi connectivity index (χ0) is 51.3. The molecule has 0 unspecified atom stereocenters. The molecule has 25 nitrogen and oxygen atoms in total. The Hall–Kier alpha value is -6.28. The molecular formula is C43H73N13O12. The van der Waals surface area contributed by atoms with Crippen LogP contribution in [0.5, 0.6) is 0 Å². The standard InChI is InChI=1S/C43H73N13O12/c1-24(2)19-31(41(66)52-28(12-16-45)38(63)49-22-33(47)59)54-42(67)32(21-27-9-6-5-7-10-27)55-39(64)29(13-17-46)53-40(65)30(14-18-48-35(61)20-25(3)57)51-36(62)23-50-43(68)37(26(4)58)56-34(60)11-8-15-44/h5-7,9-10,24-26,28-32,37,57-58H,8,11-23,44-46H2,1-4H3,(H2,47,59)(H,48,61)(H,49,63)(H,50,68)(H,51,62)(H,52,66)(H,53,65)(H,54,67)(H,55,64)(H,56,60)/t25-,26-,28+,29+,30+,31+,32-,37+/m1/s1. The van der Waals surface area contributed by atoms with Gasteiger partial charge in [0.2, 0.25) is 59.1 Å². The second-order valence-corrected chi connectivity index (χ2v) is 16.6. The molecule has 0 saturated carbocycles. The fraction of sp³-hybridized carbons (Fsp3) is 0.628. The number of rotatable bonds is 33. The second-order valence-electron chi connectivity index (χ2n) is 16.6. The molecule has 1 aromatic rings. The Morgan fingerprint density at radius 2 is 1.06 bits per heavy atom. The Balaban J connectivity index is 3.40. The van der Waals surface area contributed by atoms with Crippen LogP contribution in [0, 0.1) is 5.92 Å². The summed E-state index contributed by atoms with van der Waals surface area (Å²) in [5, 5.41) is 42.1. The Morgan fingerprint density at radius 1 is 0.544 bits per heavy atom. The second kappa shape index (κ2) is 32.4. The smallest absolute Gasteiger partial charge is 0.245 e. The number of primary amides is 1. The lowest BCUT2D eigenvalue weighted by Gasteiger charge is -2.28. The molecule has 0 bridgehead atoms. The van der Waals surface area contributed by atoms with Gasteiger partial charge in [-0.15, -0.1) is 0 Å². The van der Waals surface area contributed by atoms with Crippen molar-refractivity contribution in [3.05, 3.63) is 35.9 Å². The molecule has 0 aliphatic heterocycles. The Morgan fingerprint density at radius 3 is 1.59 bits per heavy atom. The van der Waals surface area contributed by atoms with Crippen molar-refractivity contribution >= 4 is 59.1 Å². The maximum atomic E-state index is 14.1. The van der Waals surface area contributed by atoms with Gasteiger partial charge in [0.25, 0.3) is 0 Å². The molecule has 1 aromatic carbocycles. The molecule has 0 aliphatic carbocycles. The normalized spacial score (nSPS) is 14.5. The third-order valence-electron chi connectivity index (χ3n) is 9.87. The van der Waals surface area contributed by atoms with E-state index in [0.717, 1.165) is 0 Å². The van der Waals surface area contributed by atoms with Crippen LogP contribution in [0.3, 0.4) is 0 Å². The minimum atomic E-state index is -1.46. The molecule has 382 valence electrons. The van der Waals surface area contributed by atoms with Gasteiger partial charge < -0.3 is 81.0 Å². The highest BCUT2D eigenvalue weighted by molar-refractivity contribution is 5.97. The van der Waals surface area contributed by atoms with Crippen LogP contribution in [0.4, 0.5) is 0 Å². The number of carbonyl (C=O) groups excluding carboxylic acids is 10. The molecule has 0 radical (unpaired) electrons. The number of aliphatic hydroxyl groups excluding tert-OH is 2. The quantitative estimate of drug-likeness (QED) is 0.0312. The highest BCUT2D eigenvalue weighted by Crippen LogP contribution is 2.10. The van der Waals surface area contributed by atoms with Crippen molar-refractivity contribution in [1.82, 2.24) is 47.9 Å². The minimum Gasteiger partial charge on any atom is -0.393 e. The zero-order valence-corrected chi connectivity index (χ0v) is 39.3. The van der Waals surface area contributed by atoms with Crippen molar-refractivity contribution in [3.8, 4) is 0 Å². The summed E-state index contributed by atoms with van der Waals surface area (Å²) < 4.78 is 0. The maximum Gasteiger partial charge on any atom is 0.245 e. The summed E-state index contributed by atoms with van der Waals surface area (Å²) in [6, 6.07) is 0.491. The first-order valence-electron chi connectivity index (χ1n) is 22.5. The molecular weight excluding hydrogens is 891 g/mol. The molecule has 0 heterocycles. The van der Waals surface area contributed by atoms with E-state index in [-0.39, 0.29) is 77.0 Å². The van der Waals surface area contributed by atoms with Crippen molar-refractivity contribution in [2.24, 2.45) is 28.9 Å². The first kappa shape index (κ1) is 59.7. The van der Waals surface area contributed by atoms with Crippen molar-refractivity contribution in [3.63, 3.8) is 0 Å². The number of amides is 10. The van der Waals surface area contributed by atoms with E-state index in [0.29, 0.717) is 12.0 Å². The van der Waals surface area contributed by atoms with Crippen LogP contribution in [-0.4, -0.2) is 157 Å². The molecule has 0 spiro atoms. The van der Waals surface area contributed by atoms with Gasteiger partial charge in [-0.2, -0.15) is 0 Å². The van der Waals surface area contributed by atoms with E-state index in [9.17, 15) is 58.2 Å². The van der Waals surface area contributed by atoms with Gasteiger partial charge >= 0.3 is 0 Å². The predicted octanol–water partition coefficient (Wildman–Crippen LogP) is -6.00. The molecule has 25 heteroatoms. The third-order valence-corrected chi connectivity index (χ3v) is 9.87. The van der Waals surface area contributed by atoms with Crippen LogP contribution < -0.4 is 70.8 Å². The number of carbonyl (C=O) groups is 10. The summed E-state index contributed by atoms with van der Waals surface area (Å²) in [6.07, 6.45) is -2.71. The molecule has 68 heavy (non-hydrogen) atoms. The van der Waals surface area contributed by atoms with Crippen LogP contribution in [-0.2, 0) is 54.4 Å². The minimum absolute atomic E-state index is 0.0130. The Kier molecular flexibility index (Phi) is 28.5. The van der Waals surface area contributed by atoms with Gasteiger partial charge in [-0.1, -0.05) is 44.2 Å². The summed E-state index contributed by atoms with van der Waals surface area (Å²) in [4.78, 5) is 130. The van der Waals surface area contributed by atoms with Gasteiger partial charge in [0.1, 0.15) is 36.3 Å². The SMILES string of the molecule is CC(C)C[C@H](NC(=O)[C@@H](Cc1ccccc1)NC(=O)[C@H](CCN)NC(=O)[C@H](CCNC(=O)C[C@@H](C)O)NC(=O)CNC(=O)[C@@H](NC(=O)CCCN)[C@@H](C)O)C(=O)N[C@@H](CCN)C(=O)NCC(N)=O. The lowest BCUT2D eigenvalue weighted by atomic mass is 10.00. The van der Waals surface area contributed by atoms with Gasteiger partial charge in [-0.3, -0.25) is 47.9 Å². The average molecular weight is 964 g/mol. The van der Waals surface area contributed by atoms with Crippen molar-refractivity contribution in [2.45, 2.75) is 128 Å². The Bertz CT molecular complexity index is 1820. The Labute approximate surface area is 395 Å². The van der Waals surface area contributed by atoms with Crippen LogP contribution >= 0.6 is 0 Å². The van der Waals surface area contributed by atoms with Crippen molar-refractivity contribution in [1.29, 1.82) is 0 Å². The highest BCUT2D eigenvalue weighted by Gasteiger charge is 2.33. The molecule has 8 atom stereocenters. The largest absolute Gasteiger partial charge is 0.393 e. The van der Waals surface area contributed by atoms with Gasteiger partial charge in [-0.25, -0.2) is 0 Å². The van der Waals surface area contributed by atoms with Gasteiger partial charge in [-0.05, 0) is 77.1 Å². The van der Waals surface area contributed by atoms with Gasteiger partial charge in [0.15, 0.2) is 0 Å². The van der Waals surface area contributed by atoms with Gasteiger partial charge in [0, 0.05) is 19.4 Å². The van der Waals surface area contributed by atoms with Crippen LogP contribution in [0.25, 0.3) is 0 Å². The summed E-state index contributed by atoms with van der Waals surface area (Å²) in [5.41, 5.74) is 22.7. The van der Waals surface area contributed by atoms with Crippen molar-refractivity contribution < 1.29 is 58.2 Å². The molecule has 0 aliphatic rings. The number of hydrogen-bond donors (Lipinski definition) is 15. The molecule has 1 rings (SSSR count). The zero-order valence-electron chi connectivity index (χ0n) is 39.3. The molecule has 19 N–H and O–H groups in total. The van der Waals surface area contributed by atoms with Gasteiger partial charge in [0.05, 0.1) is 31.7 Å². The third kappa shape index (κ3) is 24.5. The highest BCUT2D eigenvalue weighted by atomic mass is 16.3. The first-order chi connectivity index (χ1) is 32.1. The van der Waals surface area contributed by atoms with Crippen LogP contribution in [0.2, 0.25) is 0 Å². The average Bonchev–Trinajstić information content (AvgIpc) is 3.26. The fourth-order valence-corrected chi connectivity index (χ4v) is 6.42. The first-order valence-corrected chi connectivity index (χ1v) is 22.5. The van der Waals surface area contributed by atoms with E-state index in [1.165, 1.54) is 13.8 Å². The predicted molar refractivity (Wildman–Crippen MR) is 248 cm³/mol. The fourth-order valence-electron chi connectivity index (χ4n) is 6.42. The number of aliphatic hydroxyl groups is 2. The van der Waals surface area contributed by atoms with Crippen LogP contribution in [0.15, 0.2) is 30.3 Å². The van der Waals surface area contributed by atoms with Crippen LogP contribution in [0.1, 0.15) is 78.2 Å². The molecule has 0 saturated heterocycles. The van der Waals surface area contributed by atoms with Crippen molar-refractivity contribution in [2.75, 3.05) is 39.3 Å². The lowest BCUT2D eigenvalue weighted by molar-refractivity contribution is -0.135. The van der Waals surface area contributed by atoms with E-state index in [1.54, 1.807) is 44.2 Å². The molecule has 0 fully saturated rings. The lowest BCUT2D eigenvalue weighted by Crippen LogP contribution is -2.60. The van der Waals surface area contributed by atoms with E-state index >= 15 is 0 Å². The van der Waals surface area contributed by atoms with E-state index in [2.05, 4.69) is 47.9 Å². The summed E-state index contributed by atoms with van der Waals surface area (Å²) >= 11 is 0. The number of nitrogens with one attached hydrogen (secondary N) is 9. The number of hydrogen-bond acceptors (Lipinski definition) is 15. The summed E-state index contributed by atoms with van der Waals surface area (Å²) in [7, 11) is 0. The van der Waals surface area contributed by atoms with E-state index in [4.69, 9.17) is 22.9 Å². The molecule has 10 amide bonds. The topological polar surface area (TPSA) is 424 Å². The number of benzene rings is 1. The molecule has 0 aromatic heterocycles. The summed E-state index contributed by atoms with van der Waals surface area (Å²) in [6.45, 7) is 4.88. The van der Waals surface area contributed by atoms with E-state index in [1.807, 2.05) is 0 Å². The maximum absolute atomic E-state index is 14.1. The van der Waals surface area contributed by atoms with E-state index < -0.39 is 121 Å².